The number of hydrogen-bond acceptors (Lipinski definition) is 5. The monoisotopic (exact) mass is 425 g/mol. The number of aromatic nitrogens is 1. The maximum absolute atomic E-state index is 12.5. The van der Waals surface area contributed by atoms with Gasteiger partial charge in [-0.15, -0.1) is 13.2 Å². The number of halogens is 4. The van der Waals surface area contributed by atoms with Crippen LogP contribution in [0.4, 0.5) is 24.7 Å². The first-order valence-electron chi connectivity index (χ1n) is 8.64. The topological polar surface area (TPSA) is 68.7 Å². The summed E-state index contributed by atoms with van der Waals surface area (Å²) < 4.78 is 41.3. The van der Waals surface area contributed by atoms with Crippen molar-refractivity contribution in [1.29, 1.82) is 0 Å². The maximum atomic E-state index is 12.5. The summed E-state index contributed by atoms with van der Waals surface area (Å²) in [6, 6.07) is 12.0. The standard InChI is InChI=1S/C19H15ClF3N3O3/c20-15-10-18(24-16-6-5-13(9-14(15)16)29-19(21,22)23)25-7-8-26(27,28)17-4-2-1-3-12(17)11-25/h1-6,9-10,27H,7-8,11H2. The van der Waals surface area contributed by atoms with E-state index in [4.69, 9.17) is 11.6 Å². The molecule has 1 N–H and O–H groups in total. The molecule has 0 fully saturated rings. The quantitative estimate of drug-likeness (QED) is 0.462. The molecule has 0 amide bonds. The highest BCUT2D eigenvalue weighted by Crippen LogP contribution is 2.34. The van der Waals surface area contributed by atoms with Gasteiger partial charge >= 0.3 is 6.36 Å². The molecule has 1 unspecified atom stereocenters. The molecule has 2 aromatic carbocycles. The molecule has 0 aliphatic carbocycles. The lowest BCUT2D eigenvalue weighted by molar-refractivity contribution is -0.274. The minimum Gasteiger partial charge on any atom is -0.593 e. The van der Waals surface area contributed by atoms with Gasteiger partial charge < -0.3 is 14.8 Å². The van der Waals surface area contributed by atoms with Crippen LogP contribution >= 0.6 is 11.6 Å². The molecule has 4 rings (SSSR count). The van der Waals surface area contributed by atoms with Crippen molar-refractivity contribution >= 4 is 34.0 Å². The first-order valence-corrected chi connectivity index (χ1v) is 9.01. The number of nitrogens with zero attached hydrogens (tertiary/aromatic N) is 3. The van der Waals surface area contributed by atoms with Gasteiger partial charge in [-0.1, -0.05) is 29.8 Å². The van der Waals surface area contributed by atoms with Gasteiger partial charge in [0.2, 0.25) is 0 Å². The van der Waals surface area contributed by atoms with Crippen LogP contribution in [0.25, 0.3) is 10.9 Å². The van der Waals surface area contributed by atoms with Crippen LogP contribution in [0.1, 0.15) is 5.56 Å². The number of anilines is 1. The van der Waals surface area contributed by atoms with E-state index < -0.39 is 11.2 Å². The lowest BCUT2D eigenvalue weighted by atomic mass is 10.1. The Bertz CT molecular complexity index is 1080. The van der Waals surface area contributed by atoms with Crippen LogP contribution in [-0.4, -0.2) is 29.6 Å². The zero-order valence-corrected chi connectivity index (χ0v) is 15.6. The number of hydroxylamine groups is 2. The molecule has 1 atom stereocenters. The van der Waals surface area contributed by atoms with Crippen LogP contribution in [0.3, 0.4) is 0 Å². The molecule has 0 bridgehead atoms. The van der Waals surface area contributed by atoms with E-state index in [2.05, 4.69) is 9.72 Å². The van der Waals surface area contributed by atoms with Gasteiger partial charge in [-0.25, -0.2) is 10.2 Å². The molecule has 3 aromatic rings. The average molecular weight is 426 g/mol. The lowest BCUT2D eigenvalue weighted by Gasteiger charge is -2.32. The molecule has 1 aliphatic rings. The van der Waals surface area contributed by atoms with Crippen LogP contribution in [0.15, 0.2) is 48.5 Å². The third kappa shape index (κ3) is 4.08. The van der Waals surface area contributed by atoms with Gasteiger partial charge in [-0.05, 0) is 24.3 Å². The minimum absolute atomic E-state index is 0.118. The van der Waals surface area contributed by atoms with E-state index in [0.717, 1.165) is 6.07 Å². The molecule has 6 nitrogen and oxygen atoms in total. The number of pyridine rings is 1. The van der Waals surface area contributed by atoms with Gasteiger partial charge in [-0.3, -0.25) is 0 Å². The van der Waals surface area contributed by atoms with Gasteiger partial charge in [0.1, 0.15) is 18.1 Å². The molecule has 10 heteroatoms. The fourth-order valence-electron chi connectivity index (χ4n) is 3.35. The Labute approximate surface area is 168 Å². The number of alkyl halides is 3. The summed E-state index contributed by atoms with van der Waals surface area (Å²) in [5.74, 6) is 0.0579. The van der Waals surface area contributed by atoms with Crippen LogP contribution in [0.5, 0.6) is 5.75 Å². The molecule has 1 aliphatic heterocycles. The second-order valence-corrected chi connectivity index (χ2v) is 7.07. The molecular formula is C19H15ClF3N3O3. The Morgan fingerprint density at radius 1 is 1.17 bits per heavy atom. The molecule has 1 aromatic heterocycles. The Morgan fingerprint density at radius 2 is 1.93 bits per heavy atom. The van der Waals surface area contributed by atoms with E-state index >= 15 is 0 Å². The van der Waals surface area contributed by atoms with Gasteiger partial charge in [0, 0.05) is 17.0 Å². The van der Waals surface area contributed by atoms with Gasteiger partial charge in [0.15, 0.2) is 5.69 Å². The molecule has 0 spiro atoms. The van der Waals surface area contributed by atoms with Crippen molar-refractivity contribution in [2.24, 2.45) is 0 Å². The van der Waals surface area contributed by atoms with Crippen molar-refractivity contribution in [3.05, 3.63) is 64.3 Å². The first kappa shape index (κ1) is 19.7. The summed E-state index contributed by atoms with van der Waals surface area (Å²) in [6.07, 6.45) is -4.81. The Hall–Kier alpha value is -2.59. The largest absolute Gasteiger partial charge is 0.593 e. The van der Waals surface area contributed by atoms with E-state index in [1.54, 1.807) is 29.2 Å². The predicted octanol–water partition coefficient (Wildman–Crippen LogP) is 5.00. The molecule has 0 radical (unpaired) electrons. The van der Waals surface area contributed by atoms with E-state index in [9.17, 15) is 23.6 Å². The number of hydrogen-bond donors (Lipinski definition) is 1. The highest BCUT2D eigenvalue weighted by molar-refractivity contribution is 6.35. The zero-order chi connectivity index (χ0) is 20.8. The Kier molecular flexibility index (Phi) is 4.78. The molecule has 29 heavy (non-hydrogen) atoms. The van der Waals surface area contributed by atoms with Crippen molar-refractivity contribution < 1.29 is 23.1 Å². The number of ether oxygens (including phenoxy) is 1. The fraction of sp³-hybridized carbons (Fsp3) is 0.211. The zero-order valence-electron chi connectivity index (χ0n) is 14.9. The number of rotatable bonds is 2. The third-order valence-corrected chi connectivity index (χ3v) is 4.99. The molecular weight excluding hydrogens is 411 g/mol. The van der Waals surface area contributed by atoms with Crippen molar-refractivity contribution in [2.45, 2.75) is 12.9 Å². The summed E-state index contributed by atoms with van der Waals surface area (Å²) in [6.45, 7) is 0.411. The normalized spacial score (nSPS) is 19.7. The molecule has 0 saturated heterocycles. The molecule has 2 heterocycles. The Balaban J connectivity index is 1.70. The van der Waals surface area contributed by atoms with Gasteiger partial charge in [0.25, 0.3) is 0 Å². The highest BCUT2D eigenvalue weighted by Gasteiger charge is 2.31. The van der Waals surface area contributed by atoms with E-state index in [0.29, 0.717) is 28.8 Å². The molecule has 152 valence electrons. The van der Waals surface area contributed by atoms with Crippen molar-refractivity contribution in [3.8, 4) is 5.75 Å². The van der Waals surface area contributed by atoms with Crippen molar-refractivity contribution in [2.75, 3.05) is 18.0 Å². The first-order chi connectivity index (χ1) is 13.6. The summed E-state index contributed by atoms with van der Waals surface area (Å²) >= 11 is 6.30. The predicted molar refractivity (Wildman–Crippen MR) is 103 cm³/mol. The summed E-state index contributed by atoms with van der Waals surface area (Å²) in [5, 5.41) is 23.2. The summed E-state index contributed by atoms with van der Waals surface area (Å²) in [7, 11) is 0. The number of para-hydroxylation sites is 1. The average Bonchev–Trinajstić information content (AvgIpc) is 2.77. The number of quaternary nitrogens is 1. The second-order valence-electron chi connectivity index (χ2n) is 6.66. The van der Waals surface area contributed by atoms with Crippen LogP contribution in [-0.2, 0) is 6.54 Å². The van der Waals surface area contributed by atoms with E-state index in [1.165, 1.54) is 18.2 Å². The highest BCUT2D eigenvalue weighted by atomic mass is 35.5. The van der Waals surface area contributed by atoms with E-state index in [1.807, 2.05) is 0 Å². The SMILES string of the molecule is [O-][N+]1(O)CCN(c2cc(Cl)c3cc(OC(F)(F)F)ccc3n2)Cc2ccccc21. The molecule has 0 saturated carbocycles. The fourth-order valence-corrected chi connectivity index (χ4v) is 3.60. The maximum Gasteiger partial charge on any atom is 0.573 e. The smallest absolute Gasteiger partial charge is 0.573 e. The van der Waals surface area contributed by atoms with Gasteiger partial charge in [0.05, 0.1) is 23.6 Å². The summed E-state index contributed by atoms with van der Waals surface area (Å²) in [5.41, 5.74) is 1.29. The third-order valence-electron chi connectivity index (χ3n) is 4.68. The second kappa shape index (κ2) is 7.03. The Morgan fingerprint density at radius 3 is 2.69 bits per heavy atom. The van der Waals surface area contributed by atoms with Crippen molar-refractivity contribution in [1.82, 2.24) is 9.79 Å². The number of benzene rings is 2. The number of fused-ring (bicyclic) bond motifs is 2. The van der Waals surface area contributed by atoms with Gasteiger partial charge in [-0.2, -0.15) is 4.81 Å². The van der Waals surface area contributed by atoms with Crippen LogP contribution in [0.2, 0.25) is 5.02 Å². The minimum atomic E-state index is -4.81. The van der Waals surface area contributed by atoms with E-state index in [-0.39, 0.29) is 29.5 Å². The van der Waals surface area contributed by atoms with Crippen molar-refractivity contribution in [3.63, 3.8) is 0 Å². The summed E-state index contributed by atoms with van der Waals surface area (Å²) in [4.78, 5) is 4.77. The lowest BCUT2D eigenvalue weighted by Crippen LogP contribution is -2.43. The van der Waals surface area contributed by atoms with Crippen LogP contribution in [0, 0.1) is 5.21 Å². The van der Waals surface area contributed by atoms with Crippen LogP contribution < -0.4 is 14.4 Å².